The molecule has 0 radical (unpaired) electrons. The molecule has 0 aromatic heterocycles. The molecule has 0 spiro atoms. The summed E-state index contributed by atoms with van der Waals surface area (Å²) in [5.74, 6) is 0. The van der Waals surface area contributed by atoms with Crippen molar-refractivity contribution in [2.24, 2.45) is 0 Å². The van der Waals surface area contributed by atoms with E-state index >= 15 is 0 Å². The summed E-state index contributed by atoms with van der Waals surface area (Å²) < 4.78 is 0. The molecule has 0 aromatic rings. The number of rotatable bonds is 7. The van der Waals surface area contributed by atoms with E-state index in [2.05, 4.69) is 18.7 Å². The normalized spacial score (nSPS) is 17.4. The Hall–Kier alpha value is 0.492. The van der Waals surface area contributed by atoms with E-state index in [1.54, 1.807) is 28.7 Å². The molecule has 1 aliphatic rings. The van der Waals surface area contributed by atoms with Gasteiger partial charge in [-0.15, -0.1) is 0 Å². The third-order valence-electron chi connectivity index (χ3n) is 3.66. The summed E-state index contributed by atoms with van der Waals surface area (Å²) in [7, 11) is 0. The van der Waals surface area contributed by atoms with Gasteiger partial charge in [-0.05, 0) is 32.5 Å². The smallest absolute Gasteiger partial charge is 0.263 e. The largest absolute Gasteiger partial charge is 0.305 e. The average molecular weight is 225 g/mol. The highest BCUT2D eigenvalue weighted by atomic mass is 27.2. The van der Waals surface area contributed by atoms with Crippen LogP contribution in [0.1, 0.15) is 46.0 Å². The first-order chi connectivity index (χ1) is 7.36. The molecule has 0 bridgehead atoms. The molecule has 0 N–H and O–H groups in total. The summed E-state index contributed by atoms with van der Waals surface area (Å²) in [5.41, 5.74) is 0. The third kappa shape index (κ3) is 5.95. The van der Waals surface area contributed by atoms with Crippen LogP contribution in [0.5, 0.6) is 0 Å². The Bertz CT molecular complexity index is 137. The molecule has 1 saturated heterocycles. The number of nitrogens with zero attached hydrogens (tertiary/aromatic N) is 1. The van der Waals surface area contributed by atoms with Gasteiger partial charge in [-0.25, -0.2) is 0 Å². The van der Waals surface area contributed by atoms with Crippen molar-refractivity contribution in [3.63, 3.8) is 0 Å². The van der Waals surface area contributed by atoms with Crippen molar-refractivity contribution in [1.82, 2.24) is 4.90 Å². The van der Waals surface area contributed by atoms with Gasteiger partial charge in [-0.3, -0.25) is 0 Å². The zero-order valence-corrected chi connectivity index (χ0v) is 12.0. The molecule has 88 valence electrons. The molecule has 1 heterocycles. The maximum atomic E-state index is 2.70. The van der Waals surface area contributed by atoms with E-state index in [1.165, 1.54) is 38.9 Å². The van der Waals surface area contributed by atoms with Gasteiger partial charge in [-0.1, -0.05) is 49.0 Å². The Morgan fingerprint density at radius 3 is 2.00 bits per heavy atom. The lowest BCUT2D eigenvalue weighted by Gasteiger charge is -2.24. The summed E-state index contributed by atoms with van der Waals surface area (Å²) in [5, 5.41) is 4.89. The summed E-state index contributed by atoms with van der Waals surface area (Å²) >= 11 is -0.274. The molecular formula is C13H28AlN. The standard InChI is InChI=1S/C8H18N.C5H10.Al/c1-4-7-9(6-3)8-5-2;1-3-5-4-2;/h3-8H2,1-2H3;1-5H2;. The SMILES string of the molecule is CCCN(CCC)C[CH2][Al]1[CH2]CCC[CH2]1. The van der Waals surface area contributed by atoms with Crippen LogP contribution in [0.25, 0.3) is 0 Å². The van der Waals surface area contributed by atoms with Gasteiger partial charge in [0, 0.05) is 0 Å². The van der Waals surface area contributed by atoms with Crippen LogP contribution in [0.15, 0.2) is 0 Å². The minimum absolute atomic E-state index is 0.274. The minimum atomic E-state index is -0.274. The second-order valence-electron chi connectivity index (χ2n) is 5.13. The molecule has 15 heavy (non-hydrogen) atoms. The summed E-state index contributed by atoms with van der Waals surface area (Å²) in [6.45, 7) is 8.68. The third-order valence-corrected chi connectivity index (χ3v) is 7.18. The second kappa shape index (κ2) is 8.62. The van der Waals surface area contributed by atoms with Crippen LogP contribution < -0.4 is 0 Å². The van der Waals surface area contributed by atoms with E-state index in [0.29, 0.717) is 0 Å². The highest BCUT2D eigenvalue weighted by Crippen LogP contribution is 2.21. The van der Waals surface area contributed by atoms with Crippen molar-refractivity contribution < 1.29 is 0 Å². The highest BCUT2D eigenvalue weighted by Gasteiger charge is 2.20. The van der Waals surface area contributed by atoms with E-state index in [1.807, 2.05) is 0 Å². The highest BCUT2D eigenvalue weighted by molar-refractivity contribution is 6.59. The van der Waals surface area contributed by atoms with Gasteiger partial charge >= 0.3 is 0 Å². The van der Waals surface area contributed by atoms with E-state index < -0.39 is 0 Å². The number of hydrogen-bond donors (Lipinski definition) is 0. The molecule has 0 aliphatic carbocycles. The van der Waals surface area contributed by atoms with Crippen LogP contribution in [0.4, 0.5) is 0 Å². The molecule has 1 nitrogen and oxygen atoms in total. The van der Waals surface area contributed by atoms with Crippen molar-refractivity contribution in [3.8, 4) is 0 Å². The Kier molecular flexibility index (Phi) is 7.79. The Morgan fingerprint density at radius 1 is 0.867 bits per heavy atom. The first-order valence-electron chi connectivity index (χ1n) is 7.09. The second-order valence-corrected chi connectivity index (χ2v) is 8.60. The lowest BCUT2D eigenvalue weighted by atomic mass is 10.3. The van der Waals surface area contributed by atoms with Crippen LogP contribution in [0, 0.1) is 0 Å². The fraction of sp³-hybridized carbons (Fsp3) is 1.00. The molecule has 0 saturated carbocycles. The average Bonchev–Trinajstić information content (AvgIpc) is 2.28. The monoisotopic (exact) mass is 225 g/mol. The van der Waals surface area contributed by atoms with Crippen molar-refractivity contribution in [3.05, 3.63) is 0 Å². The Balaban J connectivity index is 2.13. The van der Waals surface area contributed by atoms with E-state index in [-0.39, 0.29) is 14.1 Å². The molecule has 1 fully saturated rings. The molecule has 0 atom stereocenters. The molecular weight excluding hydrogens is 197 g/mol. The van der Waals surface area contributed by atoms with Crippen LogP contribution in [-0.4, -0.2) is 38.7 Å². The predicted molar refractivity (Wildman–Crippen MR) is 71.0 cm³/mol. The van der Waals surface area contributed by atoms with Gasteiger partial charge in [-0.2, -0.15) is 0 Å². The molecule has 1 aliphatic heterocycles. The first-order valence-corrected chi connectivity index (χ1v) is 9.54. The molecule has 0 unspecified atom stereocenters. The summed E-state index contributed by atoms with van der Waals surface area (Å²) in [6.07, 6.45) is 7.28. The Morgan fingerprint density at radius 2 is 1.47 bits per heavy atom. The fourth-order valence-corrected chi connectivity index (χ4v) is 6.14. The summed E-state index contributed by atoms with van der Waals surface area (Å²) in [6, 6.07) is 0. The zero-order chi connectivity index (χ0) is 10.9. The van der Waals surface area contributed by atoms with Gasteiger partial charge in [0.2, 0.25) is 0 Å². The van der Waals surface area contributed by atoms with Crippen molar-refractivity contribution in [2.45, 2.75) is 61.8 Å². The predicted octanol–water partition coefficient (Wildman–Crippen LogP) is 3.79. The van der Waals surface area contributed by atoms with E-state index in [4.69, 9.17) is 0 Å². The maximum absolute atomic E-state index is 2.70. The fourth-order valence-electron chi connectivity index (χ4n) is 2.81. The van der Waals surface area contributed by atoms with Gasteiger partial charge in [0.05, 0.1) is 0 Å². The van der Waals surface area contributed by atoms with Crippen LogP contribution >= 0.6 is 0 Å². The Labute approximate surface area is 101 Å². The zero-order valence-electron chi connectivity index (χ0n) is 10.8. The molecule has 0 aromatic carbocycles. The van der Waals surface area contributed by atoms with E-state index in [0.717, 1.165) is 0 Å². The van der Waals surface area contributed by atoms with Crippen LogP contribution in [-0.2, 0) is 0 Å². The van der Waals surface area contributed by atoms with Crippen LogP contribution in [0.2, 0.25) is 15.8 Å². The van der Waals surface area contributed by atoms with Gasteiger partial charge in [0.1, 0.15) is 0 Å². The maximum Gasteiger partial charge on any atom is 0.263 e. The quantitative estimate of drug-likeness (QED) is 0.596. The molecule has 1 rings (SSSR count). The van der Waals surface area contributed by atoms with Crippen molar-refractivity contribution >= 4 is 14.1 Å². The van der Waals surface area contributed by atoms with E-state index in [9.17, 15) is 0 Å². The van der Waals surface area contributed by atoms with Gasteiger partial charge in [0.15, 0.2) is 0 Å². The molecule has 0 amide bonds. The topological polar surface area (TPSA) is 3.24 Å². The lowest BCUT2D eigenvalue weighted by Crippen LogP contribution is -2.30. The van der Waals surface area contributed by atoms with Crippen molar-refractivity contribution in [1.29, 1.82) is 0 Å². The minimum Gasteiger partial charge on any atom is -0.305 e. The number of hydrogen-bond acceptors (Lipinski definition) is 1. The van der Waals surface area contributed by atoms with Gasteiger partial charge < -0.3 is 4.90 Å². The van der Waals surface area contributed by atoms with Gasteiger partial charge in [0.25, 0.3) is 14.1 Å². The summed E-state index contributed by atoms with van der Waals surface area (Å²) in [4.78, 5) is 2.70. The first kappa shape index (κ1) is 13.6. The van der Waals surface area contributed by atoms with Crippen LogP contribution in [0.3, 0.4) is 0 Å². The lowest BCUT2D eigenvalue weighted by molar-refractivity contribution is 0.288. The molecule has 2 heteroatoms. The van der Waals surface area contributed by atoms with Crippen molar-refractivity contribution in [2.75, 3.05) is 19.6 Å².